The summed E-state index contributed by atoms with van der Waals surface area (Å²) in [4.78, 5) is 26.7. The van der Waals surface area contributed by atoms with Gasteiger partial charge in [-0.15, -0.1) is 0 Å². The summed E-state index contributed by atoms with van der Waals surface area (Å²) in [5.74, 6) is -0.398. The number of benzene rings is 2. The summed E-state index contributed by atoms with van der Waals surface area (Å²) < 4.78 is 0. The summed E-state index contributed by atoms with van der Waals surface area (Å²) in [5, 5.41) is 23.9. The van der Waals surface area contributed by atoms with E-state index in [4.69, 9.17) is 23.2 Å². The van der Waals surface area contributed by atoms with Crippen LogP contribution in [-0.2, 0) is 13.1 Å². The van der Waals surface area contributed by atoms with E-state index in [0.717, 1.165) is 37.2 Å². The number of anilines is 1. The van der Waals surface area contributed by atoms with Crippen LogP contribution in [0, 0.1) is 18.3 Å². The van der Waals surface area contributed by atoms with Gasteiger partial charge in [-0.2, -0.15) is 5.26 Å². The van der Waals surface area contributed by atoms with Gasteiger partial charge < -0.3 is 10.4 Å². The summed E-state index contributed by atoms with van der Waals surface area (Å²) in [6.07, 6.45) is 11.2. The predicted molar refractivity (Wildman–Crippen MR) is 196 cm³/mol. The fourth-order valence-corrected chi connectivity index (χ4v) is 7.18. The van der Waals surface area contributed by atoms with Crippen molar-refractivity contribution in [1.29, 1.82) is 5.26 Å². The van der Waals surface area contributed by atoms with Crippen molar-refractivity contribution in [2.45, 2.75) is 64.8 Å². The molecule has 0 spiro atoms. The Labute approximate surface area is 298 Å². The first-order valence-electron chi connectivity index (χ1n) is 16.8. The summed E-state index contributed by atoms with van der Waals surface area (Å²) >= 11 is 13.6. The molecule has 0 bridgehead atoms. The van der Waals surface area contributed by atoms with E-state index in [2.05, 4.69) is 57.1 Å². The van der Waals surface area contributed by atoms with Gasteiger partial charge in [0, 0.05) is 60.8 Å². The Balaban J connectivity index is 1.18. The molecule has 2 aromatic heterocycles. The van der Waals surface area contributed by atoms with Gasteiger partial charge in [0.05, 0.1) is 28.1 Å². The van der Waals surface area contributed by atoms with Crippen LogP contribution in [0.2, 0.25) is 10.0 Å². The Morgan fingerprint density at radius 3 is 2.65 bits per heavy atom. The second kappa shape index (κ2) is 15.6. The third-order valence-electron chi connectivity index (χ3n) is 9.53. The lowest BCUT2D eigenvalue weighted by molar-refractivity contribution is 0.102. The SMILES string of the molecule is Cc1cc(/C=C/c2nccc(-c3cccc(NC(=O)c4ccc(CN5CC[C@@H](O)C5)cn4)c3Cl)c2C#N)c(Cl)cc1CN1CCCC[C@H]1C. The number of piperidine rings is 1. The number of hydrogen-bond acceptors (Lipinski definition) is 7. The Morgan fingerprint density at radius 2 is 1.92 bits per heavy atom. The van der Waals surface area contributed by atoms with E-state index in [0.29, 0.717) is 57.2 Å². The maximum Gasteiger partial charge on any atom is 0.274 e. The normalized spacial score (nSPS) is 18.5. The zero-order valence-electron chi connectivity index (χ0n) is 27.8. The van der Waals surface area contributed by atoms with Crippen LogP contribution in [0.1, 0.15) is 76.6 Å². The van der Waals surface area contributed by atoms with Gasteiger partial charge in [0.25, 0.3) is 5.91 Å². The van der Waals surface area contributed by atoms with Crippen LogP contribution in [-0.4, -0.2) is 62.6 Å². The number of hydrogen-bond donors (Lipinski definition) is 2. The number of amides is 1. The van der Waals surface area contributed by atoms with Crippen LogP contribution in [0.4, 0.5) is 5.69 Å². The van der Waals surface area contributed by atoms with Gasteiger partial charge >= 0.3 is 0 Å². The molecule has 2 fully saturated rings. The first-order valence-corrected chi connectivity index (χ1v) is 17.5. The number of nitrogens with one attached hydrogen (secondary N) is 1. The first-order chi connectivity index (χ1) is 23.7. The molecule has 2 N–H and O–H groups in total. The first kappa shape index (κ1) is 34.8. The minimum Gasteiger partial charge on any atom is -0.392 e. The predicted octanol–water partition coefficient (Wildman–Crippen LogP) is 7.99. The van der Waals surface area contributed by atoms with E-state index in [1.807, 2.05) is 18.2 Å². The second-order valence-electron chi connectivity index (χ2n) is 13.0. The second-order valence-corrected chi connectivity index (χ2v) is 13.8. The highest BCUT2D eigenvalue weighted by molar-refractivity contribution is 6.36. The average molecular weight is 696 g/mol. The molecule has 252 valence electrons. The Kier molecular flexibility index (Phi) is 11.1. The van der Waals surface area contributed by atoms with Gasteiger partial charge in [0.15, 0.2) is 0 Å². The molecule has 2 aromatic carbocycles. The fourth-order valence-electron chi connectivity index (χ4n) is 6.66. The van der Waals surface area contributed by atoms with Crippen molar-refractivity contribution < 1.29 is 9.90 Å². The van der Waals surface area contributed by atoms with E-state index in [1.165, 1.54) is 30.4 Å². The zero-order valence-corrected chi connectivity index (χ0v) is 29.3. The molecule has 2 aliphatic heterocycles. The van der Waals surface area contributed by atoms with Gasteiger partial charge in [-0.1, -0.05) is 60.0 Å². The highest BCUT2D eigenvalue weighted by Gasteiger charge is 2.22. The van der Waals surface area contributed by atoms with E-state index in [-0.39, 0.29) is 11.8 Å². The maximum absolute atomic E-state index is 13.1. The maximum atomic E-state index is 13.1. The number of halogens is 2. The van der Waals surface area contributed by atoms with Crippen molar-refractivity contribution in [3.8, 4) is 17.2 Å². The fraction of sp³-hybridized carbons (Fsp3) is 0.333. The molecule has 4 heterocycles. The van der Waals surface area contributed by atoms with E-state index >= 15 is 0 Å². The molecular weight excluding hydrogens is 655 g/mol. The minimum atomic E-state index is -0.398. The number of aliphatic hydroxyl groups is 1. The lowest BCUT2D eigenvalue weighted by Gasteiger charge is -2.33. The van der Waals surface area contributed by atoms with Crippen LogP contribution in [0.25, 0.3) is 23.3 Å². The highest BCUT2D eigenvalue weighted by atomic mass is 35.5. The molecule has 2 aliphatic rings. The van der Waals surface area contributed by atoms with Crippen molar-refractivity contribution >= 4 is 46.9 Å². The number of nitrogens with zero attached hydrogens (tertiary/aromatic N) is 5. The van der Waals surface area contributed by atoms with Crippen molar-refractivity contribution in [1.82, 2.24) is 19.8 Å². The smallest absolute Gasteiger partial charge is 0.274 e. The van der Waals surface area contributed by atoms with Crippen LogP contribution in [0.5, 0.6) is 0 Å². The lowest BCUT2D eigenvalue weighted by Crippen LogP contribution is -2.36. The molecule has 8 nitrogen and oxygen atoms in total. The Hall–Kier alpha value is -4.10. The molecule has 2 atom stereocenters. The molecule has 0 radical (unpaired) electrons. The molecule has 6 rings (SSSR count). The zero-order chi connectivity index (χ0) is 34.5. The number of pyridine rings is 2. The van der Waals surface area contributed by atoms with Crippen molar-refractivity contribution in [3.05, 3.63) is 110 Å². The largest absolute Gasteiger partial charge is 0.392 e. The lowest BCUT2D eigenvalue weighted by atomic mass is 9.98. The third-order valence-corrected chi connectivity index (χ3v) is 10.3. The number of carbonyl (C=O) groups is 1. The van der Waals surface area contributed by atoms with Crippen LogP contribution in [0.3, 0.4) is 0 Å². The van der Waals surface area contributed by atoms with Gasteiger partial charge in [0.1, 0.15) is 11.8 Å². The van der Waals surface area contributed by atoms with Crippen molar-refractivity contribution in [3.63, 3.8) is 0 Å². The monoisotopic (exact) mass is 694 g/mol. The standard InChI is InChI=1S/C39H40Cl2N6O2/c1-25-18-28(34(40)19-29(25)23-47-16-4-3-6-26(47)2)10-12-35-33(20-42)31(13-15-43-35)32-7-5-8-36(38(32)41)45-39(49)37-11-9-27(21-44-37)22-46-17-14-30(48)24-46/h5,7-13,15,18-19,21,26,30,48H,3-4,6,14,16-17,22-24H2,1-2H3,(H,45,49)/b12-10+/t26-,30-/m1/s1. The molecule has 0 unspecified atom stereocenters. The number of aryl methyl sites for hydroxylation is 1. The topological polar surface area (TPSA) is 105 Å². The van der Waals surface area contributed by atoms with Crippen molar-refractivity contribution in [2.75, 3.05) is 25.0 Å². The van der Waals surface area contributed by atoms with Gasteiger partial charge in [0.2, 0.25) is 0 Å². The molecule has 10 heteroatoms. The van der Waals surface area contributed by atoms with Crippen LogP contribution < -0.4 is 5.32 Å². The van der Waals surface area contributed by atoms with Gasteiger partial charge in [-0.3, -0.25) is 24.6 Å². The number of carbonyl (C=O) groups excluding carboxylic acids is 1. The molecule has 0 saturated carbocycles. The number of aliphatic hydroxyl groups excluding tert-OH is 1. The molecule has 49 heavy (non-hydrogen) atoms. The molecule has 4 aromatic rings. The number of aromatic nitrogens is 2. The third kappa shape index (κ3) is 8.21. The number of nitriles is 1. The van der Waals surface area contributed by atoms with E-state index in [9.17, 15) is 15.2 Å². The highest BCUT2D eigenvalue weighted by Crippen LogP contribution is 2.37. The quantitative estimate of drug-likeness (QED) is 0.183. The summed E-state index contributed by atoms with van der Waals surface area (Å²) in [6.45, 7) is 8.53. The van der Waals surface area contributed by atoms with Crippen molar-refractivity contribution in [2.24, 2.45) is 0 Å². The average Bonchev–Trinajstić information content (AvgIpc) is 3.51. The molecular formula is C39H40Cl2N6O2. The molecule has 2 saturated heterocycles. The van der Waals surface area contributed by atoms with Crippen LogP contribution in [0.15, 0.2) is 60.9 Å². The number of likely N-dealkylation sites (tertiary alicyclic amines) is 2. The van der Waals surface area contributed by atoms with E-state index in [1.54, 1.807) is 42.7 Å². The molecule has 1 amide bonds. The molecule has 0 aliphatic carbocycles. The Morgan fingerprint density at radius 1 is 1.06 bits per heavy atom. The van der Waals surface area contributed by atoms with Gasteiger partial charge in [-0.25, -0.2) is 0 Å². The van der Waals surface area contributed by atoms with Gasteiger partial charge in [-0.05, 0) is 92.2 Å². The van der Waals surface area contributed by atoms with E-state index < -0.39 is 5.91 Å². The number of rotatable bonds is 9. The summed E-state index contributed by atoms with van der Waals surface area (Å²) in [7, 11) is 0. The Bertz CT molecular complexity index is 1910. The number of β-amino-alcohol motifs (C(OH)–C–C–N with tert-alkyl or cyclic N) is 1. The summed E-state index contributed by atoms with van der Waals surface area (Å²) in [5.41, 5.74) is 6.90. The summed E-state index contributed by atoms with van der Waals surface area (Å²) in [6, 6.07) is 17.6. The van der Waals surface area contributed by atoms with Crippen LogP contribution >= 0.6 is 23.2 Å². The minimum absolute atomic E-state index is 0.253.